The van der Waals surface area contributed by atoms with Crippen LogP contribution in [0, 0.1) is 0 Å². The van der Waals surface area contributed by atoms with Crippen molar-refractivity contribution >= 4 is 26.8 Å². The van der Waals surface area contributed by atoms with E-state index in [4.69, 9.17) is 0 Å². The fraction of sp³-hybridized carbons (Fsp3) is 0.429. The number of halogens is 1. The zero-order valence-electron chi connectivity index (χ0n) is 6.80. The lowest BCUT2D eigenvalue weighted by atomic mass is 10.1. The molecule has 1 atom stereocenters. The van der Waals surface area contributed by atoms with Gasteiger partial charge in [-0.2, -0.15) is 0 Å². The number of carbonyl (C=O) groups is 2. The predicted molar refractivity (Wildman–Crippen MR) is 46.0 cm³/mol. The summed E-state index contributed by atoms with van der Waals surface area (Å²) in [5.41, 5.74) is -1.37. The summed E-state index contributed by atoms with van der Waals surface area (Å²) in [5, 5.41) is 0. The lowest BCUT2D eigenvalue weighted by Gasteiger charge is -2.20. The molecule has 0 aliphatic rings. The summed E-state index contributed by atoms with van der Waals surface area (Å²) in [6.07, 6.45) is 0.284. The third-order valence-electron chi connectivity index (χ3n) is 1.24. The van der Waals surface area contributed by atoms with Crippen molar-refractivity contribution in [1.82, 2.24) is 0 Å². The van der Waals surface area contributed by atoms with Gasteiger partial charge in [0.2, 0.25) is 4.69 Å². The molecule has 1 unspecified atom stereocenters. The molecule has 0 bridgehead atoms. The van der Waals surface area contributed by atoms with Gasteiger partial charge in [0, 0.05) is 0 Å². The lowest BCUT2D eigenvalue weighted by molar-refractivity contribution is -0.123. The van der Waals surface area contributed by atoms with E-state index in [1.54, 1.807) is 0 Å². The van der Waals surface area contributed by atoms with Gasteiger partial charge in [-0.1, -0.05) is 6.58 Å². The van der Waals surface area contributed by atoms with E-state index in [0.717, 1.165) is 7.11 Å². The molecule has 0 saturated carbocycles. The van der Waals surface area contributed by atoms with Crippen molar-refractivity contribution in [2.24, 2.45) is 0 Å². The fourth-order valence-corrected chi connectivity index (χ4v) is 0.620. The lowest BCUT2D eigenvalue weighted by Crippen LogP contribution is -2.35. The van der Waals surface area contributed by atoms with Crippen molar-refractivity contribution < 1.29 is 19.1 Å². The highest BCUT2D eigenvalue weighted by molar-refractivity contribution is 9.18. The summed E-state index contributed by atoms with van der Waals surface area (Å²) in [6, 6.07) is 0. The minimum atomic E-state index is -1.37. The van der Waals surface area contributed by atoms with Gasteiger partial charge < -0.3 is 9.47 Å². The fourth-order valence-electron chi connectivity index (χ4n) is 0.377. The van der Waals surface area contributed by atoms with E-state index in [9.17, 15) is 9.59 Å². The third kappa shape index (κ3) is 2.65. The number of hydrogen-bond acceptors (Lipinski definition) is 4. The Morgan fingerprint density at radius 2 is 2.08 bits per heavy atom. The number of methoxy groups -OCH3 is 1. The molecule has 0 radical (unpaired) electrons. The zero-order valence-corrected chi connectivity index (χ0v) is 8.38. The van der Waals surface area contributed by atoms with Gasteiger partial charge in [-0.25, -0.2) is 4.79 Å². The topological polar surface area (TPSA) is 52.6 Å². The van der Waals surface area contributed by atoms with Crippen molar-refractivity contribution in [1.29, 1.82) is 0 Å². The van der Waals surface area contributed by atoms with Crippen LogP contribution in [0.1, 0.15) is 6.92 Å². The Hall–Kier alpha value is -0.840. The molecular formula is C7H9BrO4. The van der Waals surface area contributed by atoms with Gasteiger partial charge in [-0.15, -0.1) is 0 Å². The molecule has 4 nitrogen and oxygen atoms in total. The van der Waals surface area contributed by atoms with Gasteiger partial charge in [-0.3, -0.25) is 4.79 Å². The van der Waals surface area contributed by atoms with Crippen LogP contribution in [0.2, 0.25) is 0 Å². The Bertz CT molecular complexity index is 213. The molecule has 0 amide bonds. The molecule has 0 fully saturated rings. The van der Waals surface area contributed by atoms with Crippen LogP contribution in [-0.2, 0) is 14.3 Å². The molecule has 12 heavy (non-hydrogen) atoms. The van der Waals surface area contributed by atoms with E-state index in [0.29, 0.717) is 0 Å². The minimum absolute atomic E-state index is 0.490. The van der Waals surface area contributed by atoms with Crippen LogP contribution in [0.5, 0.6) is 0 Å². The third-order valence-corrected chi connectivity index (χ3v) is 2.03. The molecule has 0 aromatic carbocycles. The summed E-state index contributed by atoms with van der Waals surface area (Å²) in [5.74, 6) is 0. The molecule has 0 saturated heterocycles. The van der Waals surface area contributed by atoms with Crippen LogP contribution in [0.25, 0.3) is 0 Å². The number of hydrogen-bond donors (Lipinski definition) is 0. The Morgan fingerprint density at radius 1 is 1.58 bits per heavy atom. The maximum Gasteiger partial charge on any atom is 0.509 e. The zero-order chi connectivity index (χ0) is 9.78. The molecule has 0 spiro atoms. The number of rotatable bonds is 3. The first kappa shape index (κ1) is 11.2. The van der Waals surface area contributed by atoms with Crippen LogP contribution < -0.4 is 0 Å². The van der Waals surface area contributed by atoms with Gasteiger partial charge in [0.05, 0.1) is 7.11 Å². The molecule has 0 aliphatic carbocycles. The van der Waals surface area contributed by atoms with Crippen LogP contribution in [0.3, 0.4) is 0 Å². The minimum Gasteiger partial charge on any atom is -0.438 e. The van der Waals surface area contributed by atoms with Gasteiger partial charge in [0.15, 0.2) is 5.60 Å². The molecule has 0 aliphatic heterocycles. The first-order valence-corrected chi connectivity index (χ1v) is 3.86. The van der Waals surface area contributed by atoms with E-state index in [-0.39, 0.29) is 0 Å². The van der Waals surface area contributed by atoms with E-state index in [1.807, 2.05) is 0 Å². The van der Waals surface area contributed by atoms with Gasteiger partial charge >= 0.3 is 6.16 Å². The average Bonchev–Trinajstić information content (AvgIpc) is 2.03. The molecule has 0 heterocycles. The monoisotopic (exact) mass is 236 g/mol. The molecule has 0 N–H and O–H groups in total. The summed E-state index contributed by atoms with van der Waals surface area (Å²) in [4.78, 5) is 21.5. The molecule has 0 rings (SSSR count). The van der Waals surface area contributed by atoms with Gasteiger partial charge in [0.1, 0.15) is 0 Å². The second kappa shape index (κ2) is 4.25. The molecule has 5 heteroatoms. The highest BCUT2D eigenvalue weighted by atomic mass is 79.9. The van der Waals surface area contributed by atoms with E-state index >= 15 is 0 Å². The average molecular weight is 237 g/mol. The van der Waals surface area contributed by atoms with E-state index in [1.165, 1.54) is 13.0 Å². The Kier molecular flexibility index (Phi) is 3.95. The SMILES string of the molecule is C=CC(C)(OC(=O)OC)C(=O)Br. The van der Waals surface area contributed by atoms with Gasteiger partial charge in [-0.05, 0) is 28.9 Å². The summed E-state index contributed by atoms with van der Waals surface area (Å²) < 4.78 is 8.35. The van der Waals surface area contributed by atoms with E-state index < -0.39 is 16.4 Å². The Morgan fingerprint density at radius 3 is 2.33 bits per heavy atom. The number of carbonyl (C=O) groups excluding carboxylic acids is 2. The van der Waals surface area contributed by atoms with Gasteiger partial charge in [0.25, 0.3) is 0 Å². The van der Waals surface area contributed by atoms with Crippen molar-refractivity contribution in [3.8, 4) is 0 Å². The first-order chi connectivity index (χ1) is 5.46. The second-order valence-corrected chi connectivity index (χ2v) is 2.86. The van der Waals surface area contributed by atoms with Crippen LogP contribution >= 0.6 is 15.9 Å². The van der Waals surface area contributed by atoms with Crippen molar-refractivity contribution in [3.63, 3.8) is 0 Å². The van der Waals surface area contributed by atoms with Crippen molar-refractivity contribution in [3.05, 3.63) is 12.7 Å². The summed E-state index contributed by atoms with van der Waals surface area (Å²) >= 11 is 2.67. The maximum atomic E-state index is 10.9. The van der Waals surface area contributed by atoms with Crippen LogP contribution in [-0.4, -0.2) is 23.6 Å². The van der Waals surface area contributed by atoms with Crippen LogP contribution in [0.15, 0.2) is 12.7 Å². The largest absolute Gasteiger partial charge is 0.509 e. The Labute approximate surface area is 78.7 Å². The molecule has 0 aromatic rings. The van der Waals surface area contributed by atoms with Crippen molar-refractivity contribution in [2.45, 2.75) is 12.5 Å². The highest BCUT2D eigenvalue weighted by Gasteiger charge is 2.32. The van der Waals surface area contributed by atoms with E-state index in [2.05, 4.69) is 32.0 Å². The number of ether oxygens (including phenoxy) is 2. The quantitative estimate of drug-likeness (QED) is 0.425. The Balaban J connectivity index is 4.45. The molecular weight excluding hydrogens is 228 g/mol. The highest BCUT2D eigenvalue weighted by Crippen LogP contribution is 2.17. The molecule has 0 aromatic heterocycles. The first-order valence-electron chi connectivity index (χ1n) is 3.06. The standard InChI is InChI=1S/C7H9BrO4/c1-4-7(2,5(8)9)12-6(10)11-3/h4H,1H2,2-3H3. The molecule has 68 valence electrons. The smallest absolute Gasteiger partial charge is 0.438 e. The second-order valence-electron chi connectivity index (χ2n) is 2.14. The summed E-state index contributed by atoms with van der Waals surface area (Å²) in [7, 11) is 1.16. The maximum absolute atomic E-state index is 10.9. The predicted octanol–water partition coefficient (Wildman–Crippen LogP) is 1.64. The summed E-state index contributed by atoms with van der Waals surface area (Å²) in [6.45, 7) is 4.75. The van der Waals surface area contributed by atoms with Crippen LogP contribution in [0.4, 0.5) is 4.79 Å². The normalized spacial score (nSPS) is 14.2. The van der Waals surface area contributed by atoms with Crippen molar-refractivity contribution in [2.75, 3.05) is 7.11 Å².